The lowest BCUT2D eigenvalue weighted by atomic mass is 9.95. The number of hydrogen-bond acceptors (Lipinski definition) is 0. The van der Waals surface area contributed by atoms with Gasteiger partial charge in [0, 0.05) is 0 Å². The second kappa shape index (κ2) is 6.24. The largest absolute Gasteiger partial charge is 0.0683 e. The molecule has 0 atom stereocenters. The highest BCUT2D eigenvalue weighted by Crippen LogP contribution is 2.26. The lowest BCUT2D eigenvalue weighted by molar-refractivity contribution is 1.37. The van der Waals surface area contributed by atoms with Gasteiger partial charge in [0.2, 0.25) is 0 Å². The molecule has 0 spiro atoms. The molecule has 0 unspecified atom stereocenters. The Morgan fingerprint density at radius 2 is 1.12 bits per heavy atom. The normalized spacial score (nSPS) is 9.47. The van der Waals surface area contributed by atoms with E-state index in [0.717, 1.165) is 0 Å². The van der Waals surface area contributed by atoms with Crippen LogP contribution in [0.25, 0.3) is 11.1 Å². The second-order valence-corrected chi connectivity index (χ2v) is 4.13. The molecule has 0 amide bonds. The van der Waals surface area contributed by atoms with Crippen LogP contribution in [0.4, 0.5) is 0 Å². The molecule has 0 aliphatic rings. The topological polar surface area (TPSA) is 0 Å². The van der Waals surface area contributed by atoms with Crippen molar-refractivity contribution in [3.05, 3.63) is 59.2 Å². The van der Waals surface area contributed by atoms with E-state index in [2.05, 4.69) is 63.2 Å². The average molecular weight is 226 g/mol. The van der Waals surface area contributed by atoms with Crippen LogP contribution >= 0.6 is 0 Å². The predicted octanol–water partition coefficient (Wildman–Crippen LogP) is 5.31. The van der Waals surface area contributed by atoms with Crippen molar-refractivity contribution in [1.29, 1.82) is 0 Å². The Kier molecular flexibility index (Phi) is 4.96. The summed E-state index contributed by atoms with van der Waals surface area (Å²) < 4.78 is 0. The van der Waals surface area contributed by atoms with Gasteiger partial charge in [-0.25, -0.2) is 0 Å². The van der Waals surface area contributed by atoms with Gasteiger partial charge >= 0.3 is 0 Å². The van der Waals surface area contributed by atoms with Crippen LogP contribution in [-0.2, 0) is 0 Å². The molecule has 0 saturated heterocycles. The van der Waals surface area contributed by atoms with Gasteiger partial charge in [0.25, 0.3) is 0 Å². The van der Waals surface area contributed by atoms with E-state index in [0.29, 0.717) is 0 Å². The van der Waals surface area contributed by atoms with Crippen molar-refractivity contribution in [2.24, 2.45) is 0 Å². The van der Waals surface area contributed by atoms with E-state index in [1.807, 2.05) is 13.8 Å². The van der Waals surface area contributed by atoms with Crippen LogP contribution in [0.2, 0.25) is 0 Å². The van der Waals surface area contributed by atoms with E-state index in [1.54, 1.807) is 0 Å². The third kappa shape index (κ3) is 3.20. The van der Waals surface area contributed by atoms with Crippen LogP contribution in [0.1, 0.15) is 30.5 Å². The molecule has 2 rings (SSSR count). The minimum Gasteiger partial charge on any atom is -0.0683 e. The minimum atomic E-state index is 1.31. The second-order valence-electron chi connectivity index (χ2n) is 4.13. The molecule has 0 heterocycles. The van der Waals surface area contributed by atoms with Crippen molar-refractivity contribution in [3.63, 3.8) is 0 Å². The SMILES string of the molecule is CC.Cc1ccc(-c2c(C)cccc2C)cc1. The monoisotopic (exact) mass is 226 g/mol. The quantitative estimate of drug-likeness (QED) is 0.618. The zero-order chi connectivity index (χ0) is 12.8. The summed E-state index contributed by atoms with van der Waals surface area (Å²) in [6.45, 7) is 10.5. The molecule has 0 heteroatoms. The summed E-state index contributed by atoms with van der Waals surface area (Å²) in [5.41, 5.74) is 6.69. The maximum Gasteiger partial charge on any atom is -0.0125 e. The van der Waals surface area contributed by atoms with Gasteiger partial charge in [0.15, 0.2) is 0 Å². The molecular weight excluding hydrogens is 204 g/mol. The molecule has 0 aliphatic heterocycles. The van der Waals surface area contributed by atoms with Crippen molar-refractivity contribution < 1.29 is 0 Å². The predicted molar refractivity (Wildman–Crippen MR) is 77.4 cm³/mol. The molecular formula is C17H22. The Bertz CT molecular complexity index is 444. The van der Waals surface area contributed by atoms with Gasteiger partial charge < -0.3 is 0 Å². The summed E-state index contributed by atoms with van der Waals surface area (Å²) in [6.07, 6.45) is 0. The molecule has 90 valence electrons. The molecule has 2 aromatic carbocycles. The molecule has 17 heavy (non-hydrogen) atoms. The number of rotatable bonds is 1. The van der Waals surface area contributed by atoms with E-state index in [9.17, 15) is 0 Å². The first-order valence-electron chi connectivity index (χ1n) is 6.32. The van der Waals surface area contributed by atoms with Gasteiger partial charge in [0.05, 0.1) is 0 Å². The standard InChI is InChI=1S/C15H16.C2H6/c1-11-7-9-14(10-8-11)15-12(2)5-4-6-13(15)3;1-2/h4-10H,1-3H3;1-2H3. The Morgan fingerprint density at radius 1 is 0.647 bits per heavy atom. The van der Waals surface area contributed by atoms with E-state index >= 15 is 0 Å². The molecule has 0 bridgehead atoms. The molecule has 0 nitrogen and oxygen atoms in total. The van der Waals surface area contributed by atoms with Crippen LogP contribution in [0.3, 0.4) is 0 Å². The Balaban J connectivity index is 0.000000686. The molecule has 0 aromatic heterocycles. The molecule has 0 radical (unpaired) electrons. The Hall–Kier alpha value is -1.56. The fourth-order valence-electron chi connectivity index (χ4n) is 1.99. The van der Waals surface area contributed by atoms with E-state index in [1.165, 1.54) is 27.8 Å². The fourth-order valence-corrected chi connectivity index (χ4v) is 1.99. The summed E-state index contributed by atoms with van der Waals surface area (Å²) in [5.74, 6) is 0. The van der Waals surface area contributed by atoms with E-state index in [-0.39, 0.29) is 0 Å². The van der Waals surface area contributed by atoms with Gasteiger partial charge in [-0.15, -0.1) is 0 Å². The van der Waals surface area contributed by atoms with Crippen LogP contribution in [0.15, 0.2) is 42.5 Å². The van der Waals surface area contributed by atoms with Crippen LogP contribution in [-0.4, -0.2) is 0 Å². The van der Waals surface area contributed by atoms with Crippen LogP contribution in [0.5, 0.6) is 0 Å². The summed E-state index contributed by atoms with van der Waals surface area (Å²) in [7, 11) is 0. The fraction of sp³-hybridized carbons (Fsp3) is 0.294. The highest BCUT2D eigenvalue weighted by molar-refractivity contribution is 5.70. The number of aryl methyl sites for hydroxylation is 3. The lowest BCUT2D eigenvalue weighted by Gasteiger charge is -2.09. The van der Waals surface area contributed by atoms with Gasteiger partial charge in [-0.1, -0.05) is 61.9 Å². The highest BCUT2D eigenvalue weighted by Gasteiger charge is 2.03. The Labute approximate surface area is 105 Å². The van der Waals surface area contributed by atoms with Crippen molar-refractivity contribution in [1.82, 2.24) is 0 Å². The third-order valence-electron chi connectivity index (χ3n) is 2.82. The van der Waals surface area contributed by atoms with Gasteiger partial charge in [-0.3, -0.25) is 0 Å². The first-order valence-corrected chi connectivity index (χ1v) is 6.32. The first kappa shape index (κ1) is 13.5. The van der Waals surface area contributed by atoms with Crippen LogP contribution in [0, 0.1) is 20.8 Å². The van der Waals surface area contributed by atoms with Crippen molar-refractivity contribution in [2.75, 3.05) is 0 Å². The minimum absolute atomic E-state index is 1.31. The molecule has 0 saturated carbocycles. The number of hydrogen-bond donors (Lipinski definition) is 0. The maximum atomic E-state index is 2.20. The zero-order valence-electron chi connectivity index (χ0n) is 11.5. The van der Waals surface area contributed by atoms with Crippen molar-refractivity contribution in [2.45, 2.75) is 34.6 Å². The highest BCUT2D eigenvalue weighted by atomic mass is 14.1. The number of benzene rings is 2. The van der Waals surface area contributed by atoms with Crippen LogP contribution < -0.4 is 0 Å². The summed E-state index contributed by atoms with van der Waals surface area (Å²) in [4.78, 5) is 0. The molecule has 0 aliphatic carbocycles. The summed E-state index contributed by atoms with van der Waals surface area (Å²) >= 11 is 0. The van der Waals surface area contributed by atoms with Crippen molar-refractivity contribution >= 4 is 0 Å². The maximum absolute atomic E-state index is 2.20. The molecule has 2 aromatic rings. The smallest absolute Gasteiger partial charge is 0.0125 e. The van der Waals surface area contributed by atoms with E-state index in [4.69, 9.17) is 0 Å². The molecule has 0 fully saturated rings. The lowest BCUT2D eigenvalue weighted by Crippen LogP contribution is -1.87. The van der Waals surface area contributed by atoms with Gasteiger partial charge in [-0.05, 0) is 43.0 Å². The molecule has 0 N–H and O–H groups in total. The zero-order valence-corrected chi connectivity index (χ0v) is 11.5. The van der Waals surface area contributed by atoms with Crippen molar-refractivity contribution in [3.8, 4) is 11.1 Å². The summed E-state index contributed by atoms with van der Waals surface area (Å²) in [5, 5.41) is 0. The third-order valence-corrected chi connectivity index (χ3v) is 2.82. The van der Waals surface area contributed by atoms with Gasteiger partial charge in [0.1, 0.15) is 0 Å². The van der Waals surface area contributed by atoms with E-state index < -0.39 is 0 Å². The summed E-state index contributed by atoms with van der Waals surface area (Å²) in [6, 6.07) is 15.2. The average Bonchev–Trinajstić information content (AvgIpc) is 2.34. The first-order chi connectivity index (χ1) is 8.18. The Morgan fingerprint density at radius 3 is 1.59 bits per heavy atom. The van der Waals surface area contributed by atoms with Gasteiger partial charge in [-0.2, -0.15) is 0 Å².